The zero-order valence-corrected chi connectivity index (χ0v) is 15.8. The first-order valence-electron chi connectivity index (χ1n) is 8.39. The molecule has 0 aliphatic carbocycles. The van der Waals surface area contributed by atoms with Gasteiger partial charge in [0.15, 0.2) is 10.0 Å². The molecule has 1 saturated heterocycles. The highest BCUT2D eigenvalue weighted by Gasteiger charge is 2.30. The fourth-order valence-electron chi connectivity index (χ4n) is 2.85. The van der Waals surface area contributed by atoms with Crippen molar-refractivity contribution in [1.29, 1.82) is 0 Å². The highest BCUT2D eigenvalue weighted by molar-refractivity contribution is 8.01. The molecule has 0 saturated carbocycles. The summed E-state index contributed by atoms with van der Waals surface area (Å²) >= 11 is 2.85. The minimum absolute atomic E-state index is 0.0898. The van der Waals surface area contributed by atoms with E-state index in [9.17, 15) is 9.59 Å². The normalized spacial score (nSPS) is 17.9. The van der Waals surface area contributed by atoms with Gasteiger partial charge in [-0.25, -0.2) is 9.78 Å². The number of carbonyl (C=O) groups is 2. The van der Waals surface area contributed by atoms with Crippen LogP contribution < -0.4 is 5.32 Å². The van der Waals surface area contributed by atoms with Crippen molar-refractivity contribution in [1.82, 2.24) is 15.2 Å². The van der Waals surface area contributed by atoms with Gasteiger partial charge in [-0.3, -0.25) is 4.79 Å². The fraction of sp³-hybridized carbons (Fsp3) is 0.688. The van der Waals surface area contributed by atoms with Crippen LogP contribution in [0.5, 0.6) is 0 Å². The van der Waals surface area contributed by atoms with E-state index in [2.05, 4.69) is 24.1 Å². The number of carbonyl (C=O) groups excluding carboxylic acids is 1. The van der Waals surface area contributed by atoms with Gasteiger partial charge in [-0.1, -0.05) is 25.6 Å². The average molecular weight is 372 g/mol. The standard InChI is InChI=1S/C16H25N3O3S2/c1-3-11(4-2)17-9-12-5-6-14(20)19(12)7-8-23-16-18-13(10-24-16)15(21)22/h10-12,17H,3-9H2,1-2H3,(H,21,22)/t12-/m1/s1. The van der Waals surface area contributed by atoms with Crippen molar-refractivity contribution in [2.24, 2.45) is 0 Å². The lowest BCUT2D eigenvalue weighted by Gasteiger charge is -2.26. The number of rotatable bonds is 10. The van der Waals surface area contributed by atoms with Crippen LogP contribution in [0.2, 0.25) is 0 Å². The smallest absolute Gasteiger partial charge is 0.355 e. The maximum atomic E-state index is 12.1. The molecule has 0 bridgehead atoms. The van der Waals surface area contributed by atoms with E-state index in [1.807, 2.05) is 4.90 Å². The van der Waals surface area contributed by atoms with Crippen LogP contribution in [-0.2, 0) is 4.79 Å². The van der Waals surface area contributed by atoms with Crippen molar-refractivity contribution in [3.63, 3.8) is 0 Å². The van der Waals surface area contributed by atoms with Gasteiger partial charge in [-0.2, -0.15) is 0 Å². The Labute approximate surface area is 151 Å². The Morgan fingerprint density at radius 1 is 1.54 bits per heavy atom. The topological polar surface area (TPSA) is 82.5 Å². The number of hydrogen-bond donors (Lipinski definition) is 2. The molecule has 1 aliphatic rings. The Morgan fingerprint density at radius 3 is 2.92 bits per heavy atom. The van der Waals surface area contributed by atoms with Gasteiger partial charge in [0.1, 0.15) is 0 Å². The Balaban J connectivity index is 1.80. The number of likely N-dealkylation sites (tertiary alicyclic amines) is 1. The molecular formula is C16H25N3O3S2. The first-order chi connectivity index (χ1) is 11.5. The second-order valence-corrected chi connectivity index (χ2v) is 8.05. The van der Waals surface area contributed by atoms with Gasteiger partial charge in [0.05, 0.1) is 0 Å². The number of thioether (sulfide) groups is 1. The van der Waals surface area contributed by atoms with Gasteiger partial charge >= 0.3 is 5.97 Å². The second-order valence-electron chi connectivity index (χ2n) is 5.85. The molecular weight excluding hydrogens is 346 g/mol. The molecule has 1 aromatic heterocycles. The molecule has 2 N–H and O–H groups in total. The van der Waals surface area contributed by atoms with Crippen molar-refractivity contribution >= 4 is 35.0 Å². The van der Waals surface area contributed by atoms with Gasteiger partial charge in [0, 0.05) is 42.7 Å². The van der Waals surface area contributed by atoms with E-state index in [0.717, 1.165) is 35.9 Å². The first-order valence-corrected chi connectivity index (χ1v) is 10.3. The number of aromatic nitrogens is 1. The maximum absolute atomic E-state index is 12.1. The molecule has 1 amide bonds. The maximum Gasteiger partial charge on any atom is 0.355 e. The predicted molar refractivity (Wildman–Crippen MR) is 96.9 cm³/mol. The highest BCUT2D eigenvalue weighted by Crippen LogP contribution is 2.25. The van der Waals surface area contributed by atoms with Crippen LogP contribution >= 0.6 is 23.1 Å². The van der Waals surface area contributed by atoms with Gasteiger partial charge in [0.25, 0.3) is 0 Å². The minimum Gasteiger partial charge on any atom is -0.476 e. The number of amides is 1. The Bertz CT molecular complexity index is 561. The fourth-order valence-corrected chi connectivity index (χ4v) is 4.65. The lowest BCUT2D eigenvalue weighted by Crippen LogP contribution is -2.43. The first kappa shape index (κ1) is 19.2. The third kappa shape index (κ3) is 5.19. The third-order valence-corrected chi connectivity index (χ3v) is 6.34. The van der Waals surface area contributed by atoms with E-state index >= 15 is 0 Å². The van der Waals surface area contributed by atoms with Crippen LogP contribution in [0.15, 0.2) is 9.72 Å². The molecule has 1 aliphatic heterocycles. The molecule has 8 heteroatoms. The SMILES string of the molecule is CCC(CC)NC[C@H]1CCC(=O)N1CCSc1nc(C(=O)O)cs1. The molecule has 6 nitrogen and oxygen atoms in total. The van der Waals surface area contributed by atoms with Crippen LogP contribution in [0.25, 0.3) is 0 Å². The largest absolute Gasteiger partial charge is 0.476 e. The summed E-state index contributed by atoms with van der Waals surface area (Å²) in [6.45, 7) is 5.88. The van der Waals surface area contributed by atoms with Crippen LogP contribution in [0.1, 0.15) is 50.0 Å². The van der Waals surface area contributed by atoms with Crippen molar-refractivity contribution in [2.75, 3.05) is 18.8 Å². The predicted octanol–water partition coefficient (Wildman–Crippen LogP) is 2.70. The summed E-state index contributed by atoms with van der Waals surface area (Å²) in [5.74, 6) is -0.0440. The van der Waals surface area contributed by atoms with Crippen molar-refractivity contribution < 1.29 is 14.7 Å². The number of hydrogen-bond acceptors (Lipinski definition) is 6. The van der Waals surface area contributed by atoms with E-state index in [-0.39, 0.29) is 17.6 Å². The van der Waals surface area contributed by atoms with Crippen molar-refractivity contribution in [3.8, 4) is 0 Å². The van der Waals surface area contributed by atoms with Gasteiger partial charge in [-0.15, -0.1) is 11.3 Å². The van der Waals surface area contributed by atoms with E-state index in [1.165, 1.54) is 23.1 Å². The monoisotopic (exact) mass is 371 g/mol. The highest BCUT2D eigenvalue weighted by atomic mass is 32.2. The van der Waals surface area contributed by atoms with E-state index in [0.29, 0.717) is 19.0 Å². The molecule has 134 valence electrons. The molecule has 2 rings (SSSR count). The van der Waals surface area contributed by atoms with Crippen molar-refractivity contribution in [3.05, 3.63) is 11.1 Å². The summed E-state index contributed by atoms with van der Waals surface area (Å²) in [6, 6.07) is 0.784. The quantitative estimate of drug-likeness (QED) is 0.616. The zero-order chi connectivity index (χ0) is 17.5. The summed E-state index contributed by atoms with van der Waals surface area (Å²) in [7, 11) is 0. The molecule has 0 aromatic carbocycles. The summed E-state index contributed by atoms with van der Waals surface area (Å²) in [5.41, 5.74) is 0.0898. The van der Waals surface area contributed by atoms with Gasteiger partial charge in [0.2, 0.25) is 5.91 Å². The summed E-state index contributed by atoms with van der Waals surface area (Å²) in [4.78, 5) is 29.0. The van der Waals surface area contributed by atoms with Crippen LogP contribution in [-0.4, -0.2) is 57.8 Å². The summed E-state index contributed by atoms with van der Waals surface area (Å²) in [6.07, 6.45) is 3.74. The van der Waals surface area contributed by atoms with Crippen LogP contribution in [0.4, 0.5) is 0 Å². The second kappa shape index (κ2) is 9.39. The van der Waals surface area contributed by atoms with E-state index < -0.39 is 5.97 Å². The number of aromatic carboxylic acids is 1. The Kier molecular flexibility index (Phi) is 7.51. The lowest BCUT2D eigenvalue weighted by molar-refractivity contribution is -0.128. The lowest BCUT2D eigenvalue weighted by atomic mass is 10.1. The molecule has 24 heavy (non-hydrogen) atoms. The summed E-state index contributed by atoms with van der Waals surface area (Å²) < 4.78 is 0.741. The molecule has 0 radical (unpaired) electrons. The van der Waals surface area contributed by atoms with E-state index in [1.54, 1.807) is 5.38 Å². The van der Waals surface area contributed by atoms with E-state index in [4.69, 9.17) is 5.11 Å². The number of thiazole rings is 1. The summed E-state index contributed by atoms with van der Waals surface area (Å²) in [5, 5.41) is 14.0. The van der Waals surface area contributed by atoms with Crippen LogP contribution in [0, 0.1) is 0 Å². The minimum atomic E-state index is -1.000. The van der Waals surface area contributed by atoms with Crippen LogP contribution in [0.3, 0.4) is 0 Å². The average Bonchev–Trinajstić information content (AvgIpc) is 3.17. The number of carboxylic acids is 1. The number of nitrogens with one attached hydrogen (secondary N) is 1. The molecule has 2 heterocycles. The molecule has 1 atom stereocenters. The molecule has 0 unspecified atom stereocenters. The van der Waals surface area contributed by atoms with Crippen molar-refractivity contribution in [2.45, 2.75) is 56.0 Å². The van der Waals surface area contributed by atoms with Gasteiger partial charge in [-0.05, 0) is 19.3 Å². The molecule has 0 spiro atoms. The Morgan fingerprint density at radius 2 is 2.29 bits per heavy atom. The third-order valence-electron chi connectivity index (χ3n) is 4.34. The zero-order valence-electron chi connectivity index (χ0n) is 14.2. The Hall–Kier alpha value is -1.12. The number of carboxylic acid groups (broad SMARTS) is 1. The number of nitrogens with zero attached hydrogens (tertiary/aromatic N) is 2. The molecule has 1 aromatic rings. The molecule has 1 fully saturated rings. The van der Waals surface area contributed by atoms with Gasteiger partial charge < -0.3 is 15.3 Å².